The highest BCUT2D eigenvalue weighted by Crippen LogP contribution is 2.43. The number of carbonyl (C=O) groups excluding carboxylic acids is 1. The van der Waals surface area contributed by atoms with Gasteiger partial charge in [0.1, 0.15) is 5.37 Å². The number of carboxylic acid groups (broad SMARTS) is 1. The summed E-state index contributed by atoms with van der Waals surface area (Å²) in [7, 11) is 0. The number of hydrogen-bond acceptors (Lipinski definition) is 4. The van der Waals surface area contributed by atoms with E-state index in [1.54, 1.807) is 11.8 Å². The van der Waals surface area contributed by atoms with Gasteiger partial charge in [-0.15, -0.1) is 11.8 Å². The fourth-order valence-corrected chi connectivity index (χ4v) is 4.91. The highest BCUT2D eigenvalue weighted by atomic mass is 32.2. The summed E-state index contributed by atoms with van der Waals surface area (Å²) in [4.78, 5) is 23.6. The normalized spacial score (nSPS) is 20.6. The van der Waals surface area contributed by atoms with Gasteiger partial charge in [0, 0.05) is 13.5 Å². The summed E-state index contributed by atoms with van der Waals surface area (Å²) in [5.41, 5.74) is 3.09. The lowest BCUT2D eigenvalue weighted by Crippen LogP contribution is -2.32. The lowest BCUT2D eigenvalue weighted by molar-refractivity contribution is -0.134. The van der Waals surface area contributed by atoms with Crippen molar-refractivity contribution in [2.24, 2.45) is 5.41 Å². The first-order valence-electron chi connectivity index (χ1n) is 10.1. The SMILES string of the molecule is CC(=O)O.CC(C)(C)CCN1C(=O)CSC1c1ccccc1C1CCNCC1. The Bertz CT molecular complexity index is 662. The van der Waals surface area contributed by atoms with E-state index in [1.807, 2.05) is 0 Å². The molecule has 2 saturated heterocycles. The second kappa shape index (κ2) is 10.3. The minimum absolute atomic E-state index is 0.200. The van der Waals surface area contributed by atoms with Crippen LogP contribution in [0.2, 0.25) is 0 Å². The summed E-state index contributed by atoms with van der Waals surface area (Å²) in [6.07, 6.45) is 3.44. The standard InChI is InChI=1S/C20H30N2OS.C2H4O2/c1-20(2,3)10-13-22-18(23)14-24-19(22)17-7-5-4-6-16(17)15-8-11-21-12-9-15;1-2(3)4/h4-7,15,19,21H,8-14H2,1-3H3;1H3,(H,3,4). The molecular formula is C22H34N2O3S. The van der Waals surface area contributed by atoms with Gasteiger partial charge in [0.2, 0.25) is 5.91 Å². The largest absolute Gasteiger partial charge is 0.481 e. The smallest absolute Gasteiger partial charge is 0.300 e. The molecule has 1 atom stereocenters. The van der Waals surface area contributed by atoms with Crippen molar-refractivity contribution in [1.29, 1.82) is 0 Å². The van der Waals surface area contributed by atoms with E-state index in [4.69, 9.17) is 9.90 Å². The van der Waals surface area contributed by atoms with Gasteiger partial charge in [-0.25, -0.2) is 0 Å². The lowest BCUT2D eigenvalue weighted by Gasteiger charge is -2.31. The molecule has 0 spiro atoms. The molecule has 5 nitrogen and oxygen atoms in total. The molecule has 1 aromatic carbocycles. The zero-order chi connectivity index (χ0) is 20.7. The second-order valence-electron chi connectivity index (χ2n) is 8.73. The number of aliphatic carboxylic acids is 1. The Morgan fingerprint density at radius 2 is 1.79 bits per heavy atom. The number of nitrogens with one attached hydrogen (secondary N) is 1. The molecule has 1 unspecified atom stereocenters. The lowest BCUT2D eigenvalue weighted by atomic mass is 9.86. The van der Waals surface area contributed by atoms with E-state index in [2.05, 4.69) is 55.3 Å². The summed E-state index contributed by atoms with van der Waals surface area (Å²) in [6, 6.07) is 8.82. The first-order chi connectivity index (χ1) is 13.2. The van der Waals surface area contributed by atoms with E-state index in [9.17, 15) is 4.79 Å². The molecule has 2 aliphatic rings. The van der Waals surface area contributed by atoms with Crippen molar-refractivity contribution in [3.63, 3.8) is 0 Å². The summed E-state index contributed by atoms with van der Waals surface area (Å²) >= 11 is 1.80. The molecule has 28 heavy (non-hydrogen) atoms. The highest BCUT2D eigenvalue weighted by molar-refractivity contribution is 8.00. The molecule has 3 rings (SSSR count). The maximum absolute atomic E-state index is 12.5. The van der Waals surface area contributed by atoms with Gasteiger partial charge in [-0.3, -0.25) is 9.59 Å². The summed E-state index contributed by atoms with van der Waals surface area (Å²) in [5.74, 6) is 0.715. The van der Waals surface area contributed by atoms with E-state index in [-0.39, 0.29) is 10.8 Å². The van der Waals surface area contributed by atoms with Crippen LogP contribution in [0.5, 0.6) is 0 Å². The van der Waals surface area contributed by atoms with Gasteiger partial charge in [-0.05, 0) is 54.8 Å². The molecule has 0 saturated carbocycles. The van der Waals surface area contributed by atoms with Crippen molar-refractivity contribution in [3.8, 4) is 0 Å². The Labute approximate surface area is 173 Å². The number of carbonyl (C=O) groups is 2. The third-order valence-corrected chi connectivity index (χ3v) is 6.35. The van der Waals surface area contributed by atoms with E-state index >= 15 is 0 Å². The van der Waals surface area contributed by atoms with Crippen LogP contribution in [-0.4, -0.2) is 47.3 Å². The number of thioether (sulfide) groups is 1. The van der Waals surface area contributed by atoms with Crippen LogP contribution in [0.1, 0.15) is 69.4 Å². The predicted octanol–water partition coefficient (Wildman–Crippen LogP) is 4.25. The maximum atomic E-state index is 12.5. The van der Waals surface area contributed by atoms with Crippen molar-refractivity contribution >= 4 is 23.6 Å². The van der Waals surface area contributed by atoms with Gasteiger partial charge >= 0.3 is 0 Å². The van der Waals surface area contributed by atoms with E-state index < -0.39 is 5.97 Å². The van der Waals surface area contributed by atoms with Crippen molar-refractivity contribution in [2.75, 3.05) is 25.4 Å². The van der Waals surface area contributed by atoms with Gasteiger partial charge in [0.25, 0.3) is 5.97 Å². The number of hydrogen-bond donors (Lipinski definition) is 2. The van der Waals surface area contributed by atoms with Gasteiger partial charge in [0.05, 0.1) is 5.75 Å². The van der Waals surface area contributed by atoms with Crippen molar-refractivity contribution in [1.82, 2.24) is 10.2 Å². The molecule has 0 radical (unpaired) electrons. The molecule has 2 N–H and O–H groups in total. The van der Waals surface area contributed by atoms with Crippen LogP contribution >= 0.6 is 11.8 Å². The Balaban J connectivity index is 0.000000640. The molecule has 2 heterocycles. The molecule has 6 heteroatoms. The Hall–Kier alpha value is -1.53. The average Bonchev–Trinajstić information content (AvgIpc) is 3.00. The number of amides is 1. The van der Waals surface area contributed by atoms with Crippen LogP contribution in [-0.2, 0) is 9.59 Å². The van der Waals surface area contributed by atoms with Crippen molar-refractivity contribution in [2.45, 2.75) is 58.2 Å². The van der Waals surface area contributed by atoms with Gasteiger partial charge in [0.15, 0.2) is 0 Å². The van der Waals surface area contributed by atoms with Crippen molar-refractivity contribution in [3.05, 3.63) is 35.4 Å². The number of carboxylic acids is 1. The molecule has 0 bridgehead atoms. The van der Waals surface area contributed by atoms with Crippen molar-refractivity contribution < 1.29 is 14.7 Å². The summed E-state index contributed by atoms with van der Waals surface area (Å²) in [5, 5.41) is 11.1. The van der Waals surface area contributed by atoms with Gasteiger partial charge in [-0.1, -0.05) is 45.0 Å². The molecule has 0 aromatic heterocycles. The van der Waals surface area contributed by atoms with Crippen LogP contribution in [0.4, 0.5) is 0 Å². The number of benzene rings is 1. The molecule has 0 aliphatic carbocycles. The highest BCUT2D eigenvalue weighted by Gasteiger charge is 2.35. The van der Waals surface area contributed by atoms with Gasteiger partial charge in [-0.2, -0.15) is 0 Å². The molecular weight excluding hydrogens is 372 g/mol. The number of rotatable bonds is 4. The van der Waals surface area contributed by atoms with E-state index in [0.29, 0.717) is 17.6 Å². The third-order valence-electron chi connectivity index (χ3n) is 5.11. The average molecular weight is 407 g/mol. The molecule has 1 aromatic rings. The Morgan fingerprint density at radius 3 is 2.36 bits per heavy atom. The minimum Gasteiger partial charge on any atom is -0.481 e. The molecule has 1 amide bonds. The molecule has 2 fully saturated rings. The Morgan fingerprint density at radius 1 is 1.21 bits per heavy atom. The third kappa shape index (κ3) is 6.82. The predicted molar refractivity (Wildman–Crippen MR) is 116 cm³/mol. The molecule has 2 aliphatic heterocycles. The van der Waals surface area contributed by atoms with Crippen LogP contribution in [0.3, 0.4) is 0 Å². The first-order valence-corrected chi connectivity index (χ1v) is 11.1. The fourth-order valence-electron chi connectivity index (χ4n) is 3.65. The number of nitrogens with zero attached hydrogens (tertiary/aromatic N) is 1. The second-order valence-corrected chi connectivity index (χ2v) is 9.80. The zero-order valence-electron chi connectivity index (χ0n) is 17.5. The van der Waals surface area contributed by atoms with Crippen LogP contribution in [0, 0.1) is 5.41 Å². The zero-order valence-corrected chi connectivity index (χ0v) is 18.3. The quantitative estimate of drug-likeness (QED) is 0.782. The summed E-state index contributed by atoms with van der Waals surface area (Å²) in [6.45, 7) is 10.9. The molecule has 156 valence electrons. The summed E-state index contributed by atoms with van der Waals surface area (Å²) < 4.78 is 0. The van der Waals surface area contributed by atoms with Crippen LogP contribution in [0.15, 0.2) is 24.3 Å². The van der Waals surface area contributed by atoms with Gasteiger partial charge < -0.3 is 15.3 Å². The van der Waals surface area contributed by atoms with E-state index in [1.165, 1.54) is 24.0 Å². The topological polar surface area (TPSA) is 69.6 Å². The van der Waals surface area contributed by atoms with Crippen LogP contribution < -0.4 is 5.32 Å². The van der Waals surface area contributed by atoms with Crippen LogP contribution in [0.25, 0.3) is 0 Å². The first kappa shape index (κ1) is 22.8. The van der Waals surface area contributed by atoms with E-state index in [0.717, 1.165) is 33.0 Å². The fraction of sp³-hybridized carbons (Fsp3) is 0.636. The maximum Gasteiger partial charge on any atom is 0.300 e. The Kier molecular flexibility index (Phi) is 8.38. The number of piperidine rings is 1. The monoisotopic (exact) mass is 406 g/mol. The minimum atomic E-state index is -0.833.